The van der Waals surface area contributed by atoms with Gasteiger partial charge in [0.2, 0.25) is 0 Å². The van der Waals surface area contributed by atoms with Gasteiger partial charge in [-0.15, -0.1) is 0 Å². The van der Waals surface area contributed by atoms with Crippen LogP contribution in [0.2, 0.25) is 0 Å². The Morgan fingerprint density at radius 3 is 1.88 bits per heavy atom. The Balaban J connectivity index is 1.67. The topological polar surface area (TPSA) is 29.5 Å². The van der Waals surface area contributed by atoms with Gasteiger partial charge in [0.1, 0.15) is 0 Å². The molecule has 0 aromatic heterocycles. The third-order valence-corrected chi connectivity index (χ3v) is 5.01. The molecule has 0 aromatic rings. The molecule has 1 unspecified atom stereocenters. The highest BCUT2D eigenvalue weighted by atomic mass is 16.6. The number of ether oxygens (including phenoxy) is 1. The molecule has 4 aliphatic carbocycles. The molecule has 4 aliphatic rings. The second-order valence-electron chi connectivity index (χ2n) is 6.67. The van der Waals surface area contributed by atoms with Crippen molar-refractivity contribution in [3.63, 3.8) is 0 Å². The van der Waals surface area contributed by atoms with E-state index in [1.54, 1.807) is 0 Å². The van der Waals surface area contributed by atoms with E-state index in [-0.39, 0.29) is 5.92 Å². The predicted molar refractivity (Wildman–Crippen MR) is 62.8 cm³/mol. The standard InChI is InChI=1S/C14H24O2/c1-8(2)14(15)16-13-11-4-9-3-10(6-11)7-12(13)5-9/h8-15H,3-7H2,1-2H3. The fraction of sp³-hybridized carbons (Fsp3) is 1.00. The van der Waals surface area contributed by atoms with Crippen molar-refractivity contribution in [1.82, 2.24) is 0 Å². The van der Waals surface area contributed by atoms with Crippen LogP contribution in [0, 0.1) is 29.6 Å². The Morgan fingerprint density at radius 2 is 1.44 bits per heavy atom. The monoisotopic (exact) mass is 224 g/mol. The van der Waals surface area contributed by atoms with E-state index in [1.165, 1.54) is 32.1 Å². The molecule has 1 atom stereocenters. The Labute approximate surface area is 98.4 Å². The molecule has 0 amide bonds. The second-order valence-corrected chi connectivity index (χ2v) is 6.67. The number of hydrogen-bond donors (Lipinski definition) is 1. The maximum atomic E-state index is 9.89. The second kappa shape index (κ2) is 3.99. The van der Waals surface area contributed by atoms with E-state index in [2.05, 4.69) is 0 Å². The van der Waals surface area contributed by atoms with Crippen molar-refractivity contribution in [3.8, 4) is 0 Å². The van der Waals surface area contributed by atoms with Gasteiger partial charge in [-0.05, 0) is 55.8 Å². The zero-order valence-electron chi connectivity index (χ0n) is 10.4. The van der Waals surface area contributed by atoms with Crippen molar-refractivity contribution >= 4 is 0 Å². The van der Waals surface area contributed by atoms with E-state index in [4.69, 9.17) is 4.74 Å². The van der Waals surface area contributed by atoms with Gasteiger partial charge in [0.05, 0.1) is 6.10 Å². The van der Waals surface area contributed by atoms with Gasteiger partial charge in [-0.2, -0.15) is 0 Å². The van der Waals surface area contributed by atoms with Crippen molar-refractivity contribution in [1.29, 1.82) is 0 Å². The summed E-state index contributed by atoms with van der Waals surface area (Å²) in [6.45, 7) is 4.06. The first-order chi connectivity index (χ1) is 7.63. The molecule has 1 N–H and O–H groups in total. The predicted octanol–water partition coefficient (Wildman–Crippen LogP) is 2.80. The molecule has 2 nitrogen and oxygen atoms in total. The van der Waals surface area contributed by atoms with Crippen LogP contribution in [0.5, 0.6) is 0 Å². The number of aliphatic hydroxyl groups is 1. The highest BCUT2D eigenvalue weighted by Gasteiger charge is 2.49. The zero-order valence-corrected chi connectivity index (χ0v) is 10.4. The average Bonchev–Trinajstić information content (AvgIpc) is 2.21. The van der Waals surface area contributed by atoms with Gasteiger partial charge in [-0.25, -0.2) is 0 Å². The molecular formula is C14H24O2. The first kappa shape index (κ1) is 11.0. The molecule has 92 valence electrons. The minimum atomic E-state index is -0.553. The average molecular weight is 224 g/mol. The van der Waals surface area contributed by atoms with Crippen molar-refractivity contribution < 1.29 is 9.84 Å². The quantitative estimate of drug-likeness (QED) is 0.747. The summed E-state index contributed by atoms with van der Waals surface area (Å²) in [7, 11) is 0. The number of rotatable bonds is 3. The normalized spacial score (nSPS) is 47.6. The molecule has 2 heteroatoms. The largest absolute Gasteiger partial charge is 0.368 e. The van der Waals surface area contributed by atoms with Gasteiger partial charge in [-0.3, -0.25) is 0 Å². The van der Waals surface area contributed by atoms with E-state index in [0.717, 1.165) is 23.7 Å². The lowest BCUT2D eigenvalue weighted by Gasteiger charge is -2.54. The molecule has 0 aliphatic heterocycles. The molecule has 4 bridgehead atoms. The summed E-state index contributed by atoms with van der Waals surface area (Å²) in [5, 5.41) is 9.89. The number of aliphatic hydroxyl groups excluding tert-OH is 1. The summed E-state index contributed by atoms with van der Waals surface area (Å²) < 4.78 is 5.94. The summed E-state index contributed by atoms with van der Waals surface area (Å²) in [4.78, 5) is 0. The molecule has 0 spiro atoms. The van der Waals surface area contributed by atoms with E-state index in [9.17, 15) is 5.11 Å². The zero-order chi connectivity index (χ0) is 11.3. The van der Waals surface area contributed by atoms with Crippen LogP contribution in [-0.2, 0) is 4.74 Å². The van der Waals surface area contributed by atoms with Crippen LogP contribution in [-0.4, -0.2) is 17.5 Å². The van der Waals surface area contributed by atoms with Crippen molar-refractivity contribution in [2.24, 2.45) is 29.6 Å². The smallest absolute Gasteiger partial charge is 0.157 e. The third kappa shape index (κ3) is 1.80. The van der Waals surface area contributed by atoms with Crippen LogP contribution >= 0.6 is 0 Å². The molecular weight excluding hydrogens is 200 g/mol. The van der Waals surface area contributed by atoms with Crippen LogP contribution in [0.15, 0.2) is 0 Å². The lowest BCUT2D eigenvalue weighted by atomic mass is 9.55. The van der Waals surface area contributed by atoms with E-state index >= 15 is 0 Å². The van der Waals surface area contributed by atoms with Gasteiger partial charge < -0.3 is 9.84 Å². The summed E-state index contributed by atoms with van der Waals surface area (Å²) >= 11 is 0. The third-order valence-electron chi connectivity index (χ3n) is 5.01. The van der Waals surface area contributed by atoms with Crippen LogP contribution in [0.4, 0.5) is 0 Å². The fourth-order valence-corrected chi connectivity index (χ4v) is 4.42. The molecule has 0 saturated heterocycles. The van der Waals surface area contributed by atoms with Crippen LogP contribution in [0.25, 0.3) is 0 Å². The van der Waals surface area contributed by atoms with Gasteiger partial charge in [0.25, 0.3) is 0 Å². The molecule has 0 radical (unpaired) electrons. The maximum absolute atomic E-state index is 9.89. The summed E-state index contributed by atoms with van der Waals surface area (Å²) in [6, 6.07) is 0. The molecule has 4 saturated carbocycles. The molecule has 16 heavy (non-hydrogen) atoms. The Kier molecular flexibility index (Phi) is 2.75. The molecule has 0 heterocycles. The van der Waals surface area contributed by atoms with E-state index in [1.807, 2.05) is 13.8 Å². The van der Waals surface area contributed by atoms with Gasteiger partial charge in [0.15, 0.2) is 6.29 Å². The van der Waals surface area contributed by atoms with Crippen molar-refractivity contribution in [2.45, 2.75) is 58.3 Å². The summed E-state index contributed by atoms with van der Waals surface area (Å²) in [5.74, 6) is 3.70. The van der Waals surface area contributed by atoms with E-state index in [0.29, 0.717) is 6.10 Å². The van der Waals surface area contributed by atoms with Gasteiger partial charge >= 0.3 is 0 Å². The maximum Gasteiger partial charge on any atom is 0.157 e. The minimum Gasteiger partial charge on any atom is -0.368 e. The van der Waals surface area contributed by atoms with Crippen LogP contribution in [0.3, 0.4) is 0 Å². The fourth-order valence-electron chi connectivity index (χ4n) is 4.42. The van der Waals surface area contributed by atoms with Gasteiger partial charge in [-0.1, -0.05) is 13.8 Å². The van der Waals surface area contributed by atoms with Gasteiger partial charge in [0, 0.05) is 5.92 Å². The SMILES string of the molecule is CC(C)C(O)OC1C2CC3CC(C2)CC1C3. The van der Waals surface area contributed by atoms with Crippen LogP contribution < -0.4 is 0 Å². The highest BCUT2D eigenvalue weighted by Crippen LogP contribution is 2.54. The summed E-state index contributed by atoms with van der Waals surface area (Å²) in [6.07, 6.45) is 6.75. The Morgan fingerprint density at radius 1 is 0.938 bits per heavy atom. The van der Waals surface area contributed by atoms with Crippen molar-refractivity contribution in [2.75, 3.05) is 0 Å². The summed E-state index contributed by atoms with van der Waals surface area (Å²) in [5.41, 5.74) is 0. The van der Waals surface area contributed by atoms with Crippen LogP contribution in [0.1, 0.15) is 46.0 Å². The highest BCUT2D eigenvalue weighted by molar-refractivity contribution is 4.99. The Hall–Kier alpha value is -0.0800. The molecule has 4 fully saturated rings. The molecule has 4 rings (SSSR count). The lowest BCUT2D eigenvalue weighted by Crippen LogP contribution is -2.50. The minimum absolute atomic E-state index is 0.220. The first-order valence-electron chi connectivity index (χ1n) is 6.97. The van der Waals surface area contributed by atoms with Crippen molar-refractivity contribution in [3.05, 3.63) is 0 Å². The number of hydrogen-bond acceptors (Lipinski definition) is 2. The lowest BCUT2D eigenvalue weighted by molar-refractivity contribution is -0.221. The van der Waals surface area contributed by atoms with E-state index < -0.39 is 6.29 Å². The first-order valence-corrected chi connectivity index (χ1v) is 6.97. The Bertz CT molecular complexity index is 233. The molecule has 0 aromatic carbocycles.